The molecule has 0 aliphatic rings. The first kappa shape index (κ1) is 22.1. The molecular weight excluding hydrogens is 469 g/mol. The SMILES string of the molecule is CN(C)CCN(C(=O)Cc1ccccc1Cl)c1nc2ccc(Br)cc2s1.Cl. The second-order valence-corrected chi connectivity index (χ2v) is 8.56. The molecule has 0 aliphatic heterocycles. The number of aromatic nitrogens is 1. The molecule has 3 rings (SSSR count). The summed E-state index contributed by atoms with van der Waals surface area (Å²) in [4.78, 5) is 21.5. The Morgan fingerprint density at radius 1 is 1.19 bits per heavy atom. The zero-order chi connectivity index (χ0) is 18.7. The maximum Gasteiger partial charge on any atom is 0.233 e. The molecule has 0 aliphatic carbocycles. The molecule has 1 heterocycles. The predicted octanol–water partition coefficient (Wildman–Crippen LogP) is 5.27. The Hall–Kier alpha value is -1.18. The van der Waals surface area contributed by atoms with Gasteiger partial charge in [0, 0.05) is 22.6 Å². The number of benzene rings is 2. The van der Waals surface area contributed by atoms with Gasteiger partial charge in [-0.05, 0) is 43.9 Å². The third kappa shape index (κ3) is 5.65. The zero-order valence-electron chi connectivity index (χ0n) is 15.0. The van der Waals surface area contributed by atoms with E-state index in [9.17, 15) is 4.79 Å². The van der Waals surface area contributed by atoms with Crippen LogP contribution in [0.2, 0.25) is 5.02 Å². The lowest BCUT2D eigenvalue weighted by Crippen LogP contribution is -2.37. The molecule has 144 valence electrons. The van der Waals surface area contributed by atoms with Gasteiger partial charge in [-0.2, -0.15) is 0 Å². The Morgan fingerprint density at radius 2 is 1.93 bits per heavy atom. The first-order valence-corrected chi connectivity index (χ1v) is 10.2. The highest BCUT2D eigenvalue weighted by Gasteiger charge is 2.21. The Morgan fingerprint density at radius 3 is 2.63 bits per heavy atom. The molecule has 3 aromatic rings. The quantitative estimate of drug-likeness (QED) is 0.474. The summed E-state index contributed by atoms with van der Waals surface area (Å²) in [6.07, 6.45) is 0.257. The number of rotatable bonds is 6. The van der Waals surface area contributed by atoms with Crippen LogP contribution in [0.1, 0.15) is 5.56 Å². The van der Waals surface area contributed by atoms with Crippen molar-refractivity contribution in [1.29, 1.82) is 0 Å². The van der Waals surface area contributed by atoms with Gasteiger partial charge in [0.05, 0.1) is 16.6 Å². The van der Waals surface area contributed by atoms with Crippen molar-refractivity contribution < 1.29 is 4.79 Å². The number of hydrogen-bond acceptors (Lipinski definition) is 4. The normalized spacial score (nSPS) is 10.9. The molecule has 0 N–H and O–H groups in total. The smallest absolute Gasteiger partial charge is 0.233 e. The summed E-state index contributed by atoms with van der Waals surface area (Å²) in [5.41, 5.74) is 1.73. The Kier molecular flexibility index (Phi) is 8.06. The Bertz CT molecular complexity index is 932. The topological polar surface area (TPSA) is 36.4 Å². The minimum Gasteiger partial charge on any atom is -0.308 e. The number of anilines is 1. The summed E-state index contributed by atoms with van der Waals surface area (Å²) >= 11 is 11.2. The molecule has 4 nitrogen and oxygen atoms in total. The summed E-state index contributed by atoms with van der Waals surface area (Å²) in [5, 5.41) is 1.33. The molecule has 0 saturated carbocycles. The third-order valence-corrected chi connectivity index (χ3v) is 5.84. The maximum atomic E-state index is 13.0. The van der Waals surface area contributed by atoms with E-state index in [0.717, 1.165) is 31.9 Å². The van der Waals surface area contributed by atoms with Crippen molar-refractivity contribution in [2.75, 3.05) is 32.1 Å². The van der Waals surface area contributed by atoms with Crippen LogP contribution in [0.3, 0.4) is 0 Å². The van der Waals surface area contributed by atoms with E-state index in [0.29, 0.717) is 11.6 Å². The van der Waals surface area contributed by atoms with Crippen LogP contribution in [-0.4, -0.2) is 43.0 Å². The van der Waals surface area contributed by atoms with Gasteiger partial charge in [-0.1, -0.05) is 57.1 Å². The summed E-state index contributed by atoms with van der Waals surface area (Å²) in [6.45, 7) is 1.34. The zero-order valence-corrected chi connectivity index (χ0v) is 19.0. The van der Waals surface area contributed by atoms with Crippen molar-refractivity contribution in [3.63, 3.8) is 0 Å². The van der Waals surface area contributed by atoms with E-state index in [1.807, 2.05) is 56.6 Å². The Labute approximate surface area is 182 Å². The average Bonchev–Trinajstić information content (AvgIpc) is 2.99. The van der Waals surface area contributed by atoms with Gasteiger partial charge in [-0.25, -0.2) is 4.98 Å². The van der Waals surface area contributed by atoms with Gasteiger partial charge in [-0.3, -0.25) is 9.69 Å². The largest absolute Gasteiger partial charge is 0.308 e. The van der Waals surface area contributed by atoms with E-state index in [4.69, 9.17) is 11.6 Å². The van der Waals surface area contributed by atoms with Crippen LogP contribution in [0.25, 0.3) is 10.2 Å². The van der Waals surface area contributed by atoms with Crippen LogP contribution in [0.15, 0.2) is 46.9 Å². The second-order valence-electron chi connectivity index (χ2n) is 6.23. The van der Waals surface area contributed by atoms with Crippen molar-refractivity contribution in [2.24, 2.45) is 0 Å². The number of halogens is 3. The van der Waals surface area contributed by atoms with E-state index in [-0.39, 0.29) is 24.7 Å². The van der Waals surface area contributed by atoms with Crippen molar-refractivity contribution >= 4 is 72.5 Å². The highest BCUT2D eigenvalue weighted by atomic mass is 79.9. The van der Waals surface area contributed by atoms with E-state index in [1.165, 1.54) is 11.3 Å². The van der Waals surface area contributed by atoms with E-state index in [2.05, 4.69) is 25.8 Å². The predicted molar refractivity (Wildman–Crippen MR) is 121 cm³/mol. The first-order valence-electron chi connectivity index (χ1n) is 8.18. The molecule has 0 fully saturated rings. The number of amides is 1. The van der Waals surface area contributed by atoms with Gasteiger partial charge in [0.1, 0.15) is 0 Å². The fraction of sp³-hybridized carbons (Fsp3) is 0.263. The summed E-state index contributed by atoms with van der Waals surface area (Å²) in [6, 6.07) is 13.4. The van der Waals surface area contributed by atoms with Gasteiger partial charge in [0.25, 0.3) is 0 Å². The lowest BCUT2D eigenvalue weighted by atomic mass is 10.1. The van der Waals surface area contributed by atoms with E-state index < -0.39 is 0 Å². The fourth-order valence-corrected chi connectivity index (χ4v) is 4.29. The number of carbonyl (C=O) groups excluding carboxylic acids is 1. The van der Waals surface area contributed by atoms with Crippen LogP contribution >= 0.6 is 51.3 Å². The number of nitrogens with zero attached hydrogens (tertiary/aromatic N) is 3. The van der Waals surface area contributed by atoms with Crippen molar-refractivity contribution in [2.45, 2.75) is 6.42 Å². The third-order valence-electron chi connectivity index (χ3n) is 3.94. The highest BCUT2D eigenvalue weighted by molar-refractivity contribution is 9.10. The van der Waals surface area contributed by atoms with Crippen LogP contribution in [-0.2, 0) is 11.2 Å². The summed E-state index contributed by atoms with van der Waals surface area (Å²) in [7, 11) is 3.98. The highest BCUT2D eigenvalue weighted by Crippen LogP contribution is 2.31. The van der Waals surface area contributed by atoms with Crippen LogP contribution in [0.5, 0.6) is 0 Å². The molecule has 2 aromatic carbocycles. The number of thiazole rings is 1. The van der Waals surface area contributed by atoms with Gasteiger partial charge in [-0.15, -0.1) is 12.4 Å². The molecule has 0 saturated heterocycles. The van der Waals surface area contributed by atoms with E-state index in [1.54, 1.807) is 4.90 Å². The number of fused-ring (bicyclic) bond motifs is 1. The number of carbonyl (C=O) groups is 1. The minimum atomic E-state index is -0.00179. The van der Waals surface area contributed by atoms with Crippen LogP contribution in [0.4, 0.5) is 5.13 Å². The van der Waals surface area contributed by atoms with Gasteiger partial charge in [0.15, 0.2) is 5.13 Å². The molecule has 0 spiro atoms. The molecule has 0 radical (unpaired) electrons. The standard InChI is InChI=1S/C19H19BrClN3OS.ClH/c1-23(2)9-10-24(18(25)11-13-5-3-4-6-15(13)21)19-22-16-8-7-14(20)12-17(16)26-19;/h3-8,12H,9-11H2,1-2H3;1H. The Balaban J connectivity index is 0.00000261. The van der Waals surface area contributed by atoms with Crippen molar-refractivity contribution in [3.8, 4) is 0 Å². The molecule has 0 atom stereocenters. The summed E-state index contributed by atoms with van der Waals surface area (Å²) < 4.78 is 2.05. The first-order chi connectivity index (χ1) is 12.4. The number of hydrogen-bond donors (Lipinski definition) is 0. The van der Waals surface area contributed by atoms with Crippen molar-refractivity contribution in [1.82, 2.24) is 9.88 Å². The minimum absolute atomic E-state index is 0. The summed E-state index contributed by atoms with van der Waals surface area (Å²) in [5.74, 6) is -0.00179. The fourth-order valence-electron chi connectivity index (χ4n) is 2.53. The molecule has 1 aromatic heterocycles. The maximum absolute atomic E-state index is 13.0. The molecule has 0 bridgehead atoms. The molecule has 27 heavy (non-hydrogen) atoms. The van der Waals surface area contributed by atoms with Gasteiger partial charge >= 0.3 is 0 Å². The molecular formula is C19H20BrCl2N3OS. The lowest BCUT2D eigenvalue weighted by Gasteiger charge is -2.22. The van der Waals surface area contributed by atoms with Crippen LogP contribution < -0.4 is 4.90 Å². The monoisotopic (exact) mass is 487 g/mol. The van der Waals surface area contributed by atoms with Gasteiger partial charge < -0.3 is 4.90 Å². The van der Waals surface area contributed by atoms with Crippen molar-refractivity contribution in [3.05, 3.63) is 57.5 Å². The lowest BCUT2D eigenvalue weighted by molar-refractivity contribution is -0.118. The molecule has 8 heteroatoms. The average molecular weight is 489 g/mol. The number of likely N-dealkylation sites (N-methyl/N-ethyl adjacent to an activating group) is 1. The van der Waals surface area contributed by atoms with E-state index >= 15 is 0 Å². The molecule has 0 unspecified atom stereocenters. The second kappa shape index (κ2) is 9.85. The van der Waals surface area contributed by atoms with Gasteiger partial charge in [0.2, 0.25) is 5.91 Å². The molecule has 1 amide bonds. The van der Waals surface area contributed by atoms with Crippen LogP contribution in [0, 0.1) is 0 Å².